The van der Waals surface area contributed by atoms with Gasteiger partial charge >= 0.3 is 0 Å². The second-order valence-corrected chi connectivity index (χ2v) is 4.66. The Labute approximate surface area is 108 Å². The van der Waals surface area contributed by atoms with Crippen molar-refractivity contribution in [2.45, 2.75) is 20.8 Å². The largest absolute Gasteiger partial charge is 0.362 e. The van der Waals surface area contributed by atoms with Crippen molar-refractivity contribution in [2.24, 2.45) is 5.92 Å². The van der Waals surface area contributed by atoms with Gasteiger partial charge in [-0.25, -0.2) is 4.39 Å². The summed E-state index contributed by atoms with van der Waals surface area (Å²) in [4.78, 5) is 1.77. The average molecular weight is 254 g/mol. The van der Waals surface area contributed by atoms with Gasteiger partial charge in [-0.3, -0.25) is 0 Å². The fourth-order valence-electron chi connectivity index (χ4n) is 1.48. The maximum absolute atomic E-state index is 13.7. The van der Waals surface area contributed by atoms with Gasteiger partial charge in [0, 0.05) is 13.1 Å². The minimum absolute atomic E-state index is 0.247. The lowest BCUT2D eigenvalue weighted by Crippen LogP contribution is -2.41. The molecule has 17 heavy (non-hydrogen) atoms. The third kappa shape index (κ3) is 3.97. The zero-order valence-electron chi connectivity index (χ0n) is 10.5. The third-order valence-corrected chi connectivity index (χ3v) is 2.73. The van der Waals surface area contributed by atoms with Crippen molar-refractivity contribution in [1.82, 2.24) is 5.32 Å². The molecule has 1 N–H and O–H groups in total. The average Bonchev–Trinajstić information content (AvgIpc) is 2.30. The van der Waals surface area contributed by atoms with Crippen molar-refractivity contribution >= 4 is 23.0 Å². The lowest BCUT2D eigenvalue weighted by atomic mass is 10.2. The highest BCUT2D eigenvalue weighted by Crippen LogP contribution is 2.18. The van der Waals surface area contributed by atoms with Crippen LogP contribution in [-0.2, 0) is 0 Å². The van der Waals surface area contributed by atoms with Crippen molar-refractivity contribution in [3.8, 4) is 0 Å². The molecule has 4 heteroatoms. The number of para-hydroxylation sites is 1. The number of thiocarbonyl (C=S) groups is 1. The Bertz CT molecular complexity index is 379. The molecule has 0 spiro atoms. The molecule has 1 rings (SSSR count). The SMILES string of the molecule is CCN(C(=S)NCC(C)C)c1ccccc1F. The van der Waals surface area contributed by atoms with Gasteiger partial charge in [0.05, 0.1) is 5.69 Å². The molecule has 0 aromatic heterocycles. The molecule has 0 heterocycles. The van der Waals surface area contributed by atoms with Gasteiger partial charge in [0.1, 0.15) is 5.82 Å². The van der Waals surface area contributed by atoms with Crippen LogP contribution in [0.3, 0.4) is 0 Å². The zero-order valence-corrected chi connectivity index (χ0v) is 11.4. The van der Waals surface area contributed by atoms with E-state index < -0.39 is 0 Å². The summed E-state index contributed by atoms with van der Waals surface area (Å²) in [6.45, 7) is 7.61. The van der Waals surface area contributed by atoms with E-state index in [1.54, 1.807) is 17.0 Å². The highest BCUT2D eigenvalue weighted by Gasteiger charge is 2.13. The minimum Gasteiger partial charge on any atom is -0.362 e. The number of nitrogens with zero attached hydrogens (tertiary/aromatic N) is 1. The first kappa shape index (κ1) is 13.9. The predicted octanol–water partition coefficient (Wildman–Crippen LogP) is 3.18. The van der Waals surface area contributed by atoms with Crippen molar-refractivity contribution in [3.05, 3.63) is 30.1 Å². The normalized spacial score (nSPS) is 10.4. The zero-order chi connectivity index (χ0) is 12.8. The quantitative estimate of drug-likeness (QED) is 0.831. The molecule has 0 saturated carbocycles. The number of benzene rings is 1. The van der Waals surface area contributed by atoms with Gasteiger partial charge in [0.2, 0.25) is 0 Å². The van der Waals surface area contributed by atoms with Crippen LogP contribution < -0.4 is 10.2 Å². The maximum Gasteiger partial charge on any atom is 0.173 e. The molecule has 0 saturated heterocycles. The van der Waals surface area contributed by atoms with Crippen molar-refractivity contribution < 1.29 is 4.39 Å². The van der Waals surface area contributed by atoms with E-state index in [1.165, 1.54) is 6.07 Å². The fourth-order valence-corrected chi connectivity index (χ4v) is 1.79. The Kier molecular flexibility index (Phi) is 5.35. The van der Waals surface area contributed by atoms with Gasteiger partial charge in [-0.1, -0.05) is 26.0 Å². The topological polar surface area (TPSA) is 15.3 Å². The van der Waals surface area contributed by atoms with Crippen LogP contribution in [0.1, 0.15) is 20.8 Å². The summed E-state index contributed by atoms with van der Waals surface area (Å²) in [7, 11) is 0. The van der Waals surface area contributed by atoms with Crippen LogP contribution in [0.4, 0.5) is 10.1 Å². The summed E-state index contributed by atoms with van der Waals surface area (Å²) >= 11 is 5.28. The molecule has 0 atom stereocenters. The molecule has 94 valence electrons. The summed E-state index contributed by atoms with van der Waals surface area (Å²) in [5.41, 5.74) is 0.524. The number of rotatable bonds is 4. The molecule has 0 aliphatic heterocycles. The van der Waals surface area contributed by atoms with Gasteiger partial charge < -0.3 is 10.2 Å². The number of anilines is 1. The molecular formula is C13H19FN2S. The van der Waals surface area contributed by atoms with Crippen LogP contribution in [0.15, 0.2) is 24.3 Å². The van der Waals surface area contributed by atoms with E-state index in [9.17, 15) is 4.39 Å². The van der Waals surface area contributed by atoms with Crippen molar-refractivity contribution in [2.75, 3.05) is 18.0 Å². The van der Waals surface area contributed by atoms with E-state index in [-0.39, 0.29) is 5.82 Å². The van der Waals surface area contributed by atoms with E-state index in [4.69, 9.17) is 12.2 Å². The van der Waals surface area contributed by atoms with Gasteiger partial charge in [-0.15, -0.1) is 0 Å². The van der Waals surface area contributed by atoms with Crippen LogP contribution in [0.25, 0.3) is 0 Å². The van der Waals surface area contributed by atoms with Crippen LogP contribution >= 0.6 is 12.2 Å². The molecule has 1 aromatic carbocycles. The second-order valence-electron chi connectivity index (χ2n) is 4.28. The lowest BCUT2D eigenvalue weighted by molar-refractivity contribution is 0.616. The molecule has 0 aliphatic rings. The first-order chi connectivity index (χ1) is 8.06. The smallest absolute Gasteiger partial charge is 0.173 e. The molecule has 0 bridgehead atoms. The van der Waals surface area contributed by atoms with Crippen LogP contribution in [0, 0.1) is 11.7 Å². The van der Waals surface area contributed by atoms with E-state index in [0.29, 0.717) is 23.3 Å². The summed E-state index contributed by atoms with van der Waals surface area (Å²) in [6.07, 6.45) is 0. The van der Waals surface area contributed by atoms with E-state index in [2.05, 4.69) is 19.2 Å². The van der Waals surface area contributed by atoms with Crippen molar-refractivity contribution in [1.29, 1.82) is 0 Å². The molecule has 0 amide bonds. The van der Waals surface area contributed by atoms with Gasteiger partial charge in [0.25, 0.3) is 0 Å². The Morgan fingerprint density at radius 3 is 2.59 bits per heavy atom. The number of hydrogen-bond donors (Lipinski definition) is 1. The number of halogens is 1. The number of nitrogens with one attached hydrogen (secondary N) is 1. The molecular weight excluding hydrogens is 235 g/mol. The number of hydrogen-bond acceptors (Lipinski definition) is 1. The molecule has 0 fully saturated rings. The van der Waals surface area contributed by atoms with E-state index in [0.717, 1.165) is 6.54 Å². The van der Waals surface area contributed by atoms with Gasteiger partial charge in [-0.05, 0) is 37.2 Å². The molecule has 0 aliphatic carbocycles. The van der Waals surface area contributed by atoms with E-state index in [1.807, 2.05) is 13.0 Å². The van der Waals surface area contributed by atoms with Crippen LogP contribution in [0.5, 0.6) is 0 Å². The Morgan fingerprint density at radius 2 is 2.06 bits per heavy atom. The standard InChI is InChI=1S/C13H19FN2S/c1-4-16(13(17)15-9-10(2)3)12-8-6-5-7-11(12)14/h5-8,10H,4,9H2,1-3H3,(H,15,17). The monoisotopic (exact) mass is 254 g/mol. The molecule has 0 unspecified atom stereocenters. The predicted molar refractivity (Wildman–Crippen MR) is 74.9 cm³/mol. The molecule has 2 nitrogen and oxygen atoms in total. The summed E-state index contributed by atoms with van der Waals surface area (Å²) < 4.78 is 13.7. The van der Waals surface area contributed by atoms with E-state index >= 15 is 0 Å². The molecule has 0 radical (unpaired) electrons. The first-order valence-corrected chi connectivity index (χ1v) is 6.27. The second kappa shape index (κ2) is 6.55. The summed E-state index contributed by atoms with van der Waals surface area (Å²) in [6, 6.07) is 6.68. The summed E-state index contributed by atoms with van der Waals surface area (Å²) in [5, 5.41) is 3.72. The van der Waals surface area contributed by atoms with Gasteiger partial charge in [-0.2, -0.15) is 0 Å². The molecule has 1 aromatic rings. The van der Waals surface area contributed by atoms with Gasteiger partial charge in [0.15, 0.2) is 5.11 Å². The Morgan fingerprint density at radius 1 is 1.41 bits per heavy atom. The van der Waals surface area contributed by atoms with Crippen molar-refractivity contribution in [3.63, 3.8) is 0 Å². The fraction of sp³-hybridized carbons (Fsp3) is 0.462. The first-order valence-electron chi connectivity index (χ1n) is 5.86. The highest BCUT2D eigenvalue weighted by atomic mass is 32.1. The lowest BCUT2D eigenvalue weighted by Gasteiger charge is -2.25. The summed E-state index contributed by atoms with van der Waals surface area (Å²) in [5.74, 6) is 0.260. The maximum atomic E-state index is 13.7. The Hall–Kier alpha value is -1.16. The minimum atomic E-state index is -0.247. The third-order valence-electron chi connectivity index (χ3n) is 2.37. The van der Waals surface area contributed by atoms with Crippen LogP contribution in [-0.4, -0.2) is 18.2 Å². The highest BCUT2D eigenvalue weighted by molar-refractivity contribution is 7.80. The Balaban J connectivity index is 2.78. The van der Waals surface area contributed by atoms with Crippen LogP contribution in [0.2, 0.25) is 0 Å².